The van der Waals surface area contributed by atoms with Crippen molar-refractivity contribution in [3.8, 4) is 12.3 Å². The van der Waals surface area contributed by atoms with Crippen molar-refractivity contribution in [2.45, 2.75) is 19.4 Å². The van der Waals surface area contributed by atoms with Crippen LogP contribution in [0.5, 0.6) is 0 Å². The number of halogens is 1. The van der Waals surface area contributed by atoms with Gasteiger partial charge in [0.1, 0.15) is 0 Å². The molecule has 0 aliphatic carbocycles. The predicted octanol–water partition coefficient (Wildman–Crippen LogP) is 2.26. The van der Waals surface area contributed by atoms with E-state index in [0.717, 1.165) is 17.1 Å². The number of rotatable bonds is 5. The van der Waals surface area contributed by atoms with E-state index in [-0.39, 0.29) is 6.04 Å². The minimum absolute atomic E-state index is 0.144. The average Bonchev–Trinajstić information content (AvgIpc) is 2.26. The SMILES string of the molecule is C#CCCNC(CN)c1ccc(Cl)cc1C. The van der Waals surface area contributed by atoms with Crippen LogP contribution in [0, 0.1) is 19.3 Å². The first-order valence-electron chi connectivity index (χ1n) is 5.32. The van der Waals surface area contributed by atoms with E-state index in [9.17, 15) is 0 Å². The van der Waals surface area contributed by atoms with Crippen molar-refractivity contribution in [2.24, 2.45) is 5.73 Å². The summed E-state index contributed by atoms with van der Waals surface area (Å²) in [6.45, 7) is 3.36. The fraction of sp³-hybridized carbons (Fsp3) is 0.385. The van der Waals surface area contributed by atoms with Crippen LogP contribution >= 0.6 is 11.6 Å². The second-order valence-electron chi connectivity index (χ2n) is 3.70. The summed E-state index contributed by atoms with van der Waals surface area (Å²) in [5, 5.41) is 4.09. The number of hydrogen-bond donors (Lipinski definition) is 2. The second kappa shape index (κ2) is 6.55. The minimum Gasteiger partial charge on any atom is -0.329 e. The Balaban J connectivity index is 2.75. The highest BCUT2D eigenvalue weighted by Crippen LogP contribution is 2.20. The van der Waals surface area contributed by atoms with Crippen LogP contribution in [-0.2, 0) is 0 Å². The molecule has 0 aromatic heterocycles. The van der Waals surface area contributed by atoms with Gasteiger partial charge in [-0.25, -0.2) is 0 Å². The van der Waals surface area contributed by atoms with E-state index >= 15 is 0 Å². The first-order valence-corrected chi connectivity index (χ1v) is 5.69. The number of aryl methyl sites for hydroxylation is 1. The molecule has 0 amide bonds. The Labute approximate surface area is 102 Å². The number of benzene rings is 1. The van der Waals surface area contributed by atoms with E-state index in [1.54, 1.807) is 0 Å². The Morgan fingerprint density at radius 1 is 1.56 bits per heavy atom. The molecule has 3 heteroatoms. The van der Waals surface area contributed by atoms with Crippen molar-refractivity contribution < 1.29 is 0 Å². The molecule has 1 unspecified atom stereocenters. The number of terminal acetylenes is 1. The molecular formula is C13H17ClN2. The predicted molar refractivity (Wildman–Crippen MR) is 69.4 cm³/mol. The molecule has 0 saturated heterocycles. The first kappa shape index (κ1) is 13.1. The van der Waals surface area contributed by atoms with E-state index in [1.165, 1.54) is 5.56 Å². The van der Waals surface area contributed by atoms with E-state index in [1.807, 2.05) is 25.1 Å². The van der Waals surface area contributed by atoms with E-state index < -0.39 is 0 Å². The zero-order valence-corrected chi connectivity index (χ0v) is 10.2. The fourth-order valence-electron chi connectivity index (χ4n) is 1.67. The smallest absolute Gasteiger partial charge is 0.0447 e. The summed E-state index contributed by atoms with van der Waals surface area (Å²) in [6, 6.07) is 5.99. The van der Waals surface area contributed by atoms with Crippen molar-refractivity contribution in [2.75, 3.05) is 13.1 Å². The molecule has 0 aliphatic rings. The third-order valence-corrected chi connectivity index (χ3v) is 2.74. The summed E-state index contributed by atoms with van der Waals surface area (Å²) in [6.07, 6.45) is 5.92. The lowest BCUT2D eigenvalue weighted by atomic mass is 10.0. The number of hydrogen-bond acceptors (Lipinski definition) is 2. The van der Waals surface area contributed by atoms with Crippen molar-refractivity contribution in [1.29, 1.82) is 0 Å². The Kier molecular flexibility index (Phi) is 5.34. The molecule has 2 nitrogen and oxygen atoms in total. The molecule has 0 spiro atoms. The van der Waals surface area contributed by atoms with Crippen molar-refractivity contribution in [1.82, 2.24) is 5.32 Å². The number of nitrogens with two attached hydrogens (primary N) is 1. The largest absolute Gasteiger partial charge is 0.329 e. The maximum absolute atomic E-state index is 5.91. The molecule has 0 heterocycles. The standard InChI is InChI=1S/C13H17ClN2/c1-3-4-7-16-13(9-15)12-6-5-11(14)8-10(12)2/h1,5-6,8,13,16H,4,7,9,15H2,2H3. The van der Waals surface area contributed by atoms with Crippen LogP contribution in [-0.4, -0.2) is 13.1 Å². The average molecular weight is 237 g/mol. The van der Waals surface area contributed by atoms with Crippen LogP contribution in [0.4, 0.5) is 0 Å². The van der Waals surface area contributed by atoms with Gasteiger partial charge in [-0.05, 0) is 30.2 Å². The lowest BCUT2D eigenvalue weighted by Gasteiger charge is -2.19. The summed E-state index contributed by atoms with van der Waals surface area (Å²) < 4.78 is 0. The van der Waals surface area contributed by atoms with E-state index in [0.29, 0.717) is 13.0 Å². The molecule has 16 heavy (non-hydrogen) atoms. The maximum Gasteiger partial charge on any atom is 0.0447 e. The van der Waals surface area contributed by atoms with Crippen LogP contribution in [0.15, 0.2) is 18.2 Å². The molecule has 0 aliphatic heterocycles. The van der Waals surface area contributed by atoms with Crippen LogP contribution in [0.3, 0.4) is 0 Å². The lowest BCUT2D eigenvalue weighted by Crippen LogP contribution is -2.29. The molecule has 1 atom stereocenters. The summed E-state index contributed by atoms with van der Waals surface area (Å²) in [5.41, 5.74) is 8.08. The van der Waals surface area contributed by atoms with E-state index in [4.69, 9.17) is 23.8 Å². The molecular weight excluding hydrogens is 220 g/mol. The molecule has 0 fully saturated rings. The van der Waals surface area contributed by atoms with Crippen LogP contribution < -0.4 is 11.1 Å². The summed E-state index contributed by atoms with van der Waals surface area (Å²) >= 11 is 5.91. The first-order chi connectivity index (χ1) is 7.69. The highest BCUT2D eigenvalue weighted by molar-refractivity contribution is 6.30. The Bertz CT molecular complexity index is 382. The molecule has 1 aromatic rings. The van der Waals surface area contributed by atoms with Crippen molar-refractivity contribution in [3.05, 3.63) is 34.3 Å². The molecule has 0 radical (unpaired) electrons. The monoisotopic (exact) mass is 236 g/mol. The van der Waals surface area contributed by atoms with Gasteiger partial charge in [-0.3, -0.25) is 0 Å². The van der Waals surface area contributed by atoms with Gasteiger partial charge in [0.05, 0.1) is 0 Å². The van der Waals surface area contributed by atoms with Gasteiger partial charge in [-0.2, -0.15) is 0 Å². The molecule has 86 valence electrons. The van der Waals surface area contributed by atoms with Gasteiger partial charge in [0.15, 0.2) is 0 Å². The van der Waals surface area contributed by atoms with Gasteiger partial charge in [-0.1, -0.05) is 17.7 Å². The Hall–Kier alpha value is -1.01. The van der Waals surface area contributed by atoms with Crippen LogP contribution in [0.1, 0.15) is 23.6 Å². The summed E-state index contributed by atoms with van der Waals surface area (Å²) in [7, 11) is 0. The Morgan fingerprint density at radius 2 is 2.31 bits per heavy atom. The van der Waals surface area contributed by atoms with Gasteiger partial charge in [0, 0.05) is 30.6 Å². The Morgan fingerprint density at radius 3 is 2.88 bits per heavy atom. The fourth-order valence-corrected chi connectivity index (χ4v) is 1.90. The molecule has 3 N–H and O–H groups in total. The maximum atomic E-state index is 5.91. The highest BCUT2D eigenvalue weighted by atomic mass is 35.5. The van der Waals surface area contributed by atoms with Crippen molar-refractivity contribution in [3.63, 3.8) is 0 Å². The van der Waals surface area contributed by atoms with E-state index in [2.05, 4.69) is 11.2 Å². The van der Waals surface area contributed by atoms with Crippen molar-refractivity contribution >= 4 is 11.6 Å². The van der Waals surface area contributed by atoms with Crippen LogP contribution in [0.2, 0.25) is 5.02 Å². The van der Waals surface area contributed by atoms with Gasteiger partial charge in [-0.15, -0.1) is 12.3 Å². The molecule has 1 rings (SSSR count). The van der Waals surface area contributed by atoms with Gasteiger partial charge < -0.3 is 11.1 Å². The van der Waals surface area contributed by atoms with Gasteiger partial charge >= 0.3 is 0 Å². The second-order valence-corrected chi connectivity index (χ2v) is 4.13. The summed E-state index contributed by atoms with van der Waals surface area (Å²) in [4.78, 5) is 0. The van der Waals surface area contributed by atoms with Gasteiger partial charge in [0.25, 0.3) is 0 Å². The lowest BCUT2D eigenvalue weighted by molar-refractivity contribution is 0.548. The molecule has 0 bridgehead atoms. The highest BCUT2D eigenvalue weighted by Gasteiger charge is 2.10. The zero-order chi connectivity index (χ0) is 12.0. The third-order valence-electron chi connectivity index (χ3n) is 2.50. The van der Waals surface area contributed by atoms with Gasteiger partial charge in [0.2, 0.25) is 0 Å². The third kappa shape index (κ3) is 3.53. The minimum atomic E-state index is 0.144. The normalized spacial score (nSPS) is 12.1. The number of nitrogens with one attached hydrogen (secondary N) is 1. The summed E-state index contributed by atoms with van der Waals surface area (Å²) in [5.74, 6) is 2.60. The quantitative estimate of drug-likeness (QED) is 0.608. The zero-order valence-electron chi connectivity index (χ0n) is 9.46. The topological polar surface area (TPSA) is 38.0 Å². The molecule has 0 saturated carbocycles. The van der Waals surface area contributed by atoms with Crippen LogP contribution in [0.25, 0.3) is 0 Å². The molecule has 1 aromatic carbocycles.